The van der Waals surface area contributed by atoms with Gasteiger partial charge in [0.2, 0.25) is 0 Å². The number of carbonyl (C=O) groups excluding carboxylic acids is 3. The van der Waals surface area contributed by atoms with Gasteiger partial charge in [-0.1, -0.05) is 0 Å². The lowest BCUT2D eigenvalue weighted by molar-refractivity contribution is -0.149. The van der Waals surface area contributed by atoms with Crippen molar-refractivity contribution in [3.8, 4) is 5.88 Å². The molecule has 1 amide bonds. The van der Waals surface area contributed by atoms with Gasteiger partial charge in [0.25, 0.3) is 11.8 Å². The topological polar surface area (TPSA) is 117 Å². The number of nitrogens with one attached hydrogen (secondary N) is 1. The molecule has 2 aromatic rings. The Balaban J connectivity index is 1.72. The largest absolute Gasteiger partial charge is 0.465 e. The van der Waals surface area contributed by atoms with Crippen LogP contribution in [0.4, 0.5) is 5.69 Å². The summed E-state index contributed by atoms with van der Waals surface area (Å²) in [5.41, 5.74) is 0.801. The summed E-state index contributed by atoms with van der Waals surface area (Å²) in [5.74, 6) is -1.03. The molecule has 0 radical (unpaired) electrons. The Labute approximate surface area is 142 Å². The normalized spacial score (nSPS) is 10.0. The molecule has 132 valence electrons. The summed E-state index contributed by atoms with van der Waals surface area (Å²) in [5, 5.41) is 6.07. The van der Waals surface area contributed by atoms with Gasteiger partial charge in [-0.25, -0.2) is 9.59 Å². The quantitative estimate of drug-likeness (QED) is 0.745. The standard InChI is InChI=1S/C16H16N2O7/c1-10-7-14(18-25-10)23-9-15(20)24-8-13(19)17-12-5-3-11(4-6-12)16(21)22-2/h3-7H,8-9H2,1-2H3,(H,17,19). The lowest BCUT2D eigenvalue weighted by Gasteiger charge is -2.07. The fourth-order valence-electron chi connectivity index (χ4n) is 1.74. The number of nitrogens with zero attached hydrogens (tertiary/aromatic N) is 1. The Morgan fingerprint density at radius 1 is 1.16 bits per heavy atom. The van der Waals surface area contributed by atoms with Gasteiger partial charge in [-0.2, -0.15) is 0 Å². The predicted molar refractivity (Wildman–Crippen MR) is 84.1 cm³/mol. The van der Waals surface area contributed by atoms with Gasteiger partial charge in [0.1, 0.15) is 5.76 Å². The fraction of sp³-hybridized carbons (Fsp3) is 0.250. The molecular formula is C16H16N2O7. The van der Waals surface area contributed by atoms with Crippen molar-refractivity contribution in [2.24, 2.45) is 0 Å². The van der Waals surface area contributed by atoms with Crippen molar-refractivity contribution in [2.75, 3.05) is 25.6 Å². The van der Waals surface area contributed by atoms with Crippen molar-refractivity contribution in [3.05, 3.63) is 41.7 Å². The number of ether oxygens (including phenoxy) is 3. The Morgan fingerprint density at radius 2 is 1.88 bits per heavy atom. The Morgan fingerprint density at radius 3 is 2.48 bits per heavy atom. The summed E-state index contributed by atoms with van der Waals surface area (Å²) in [6.07, 6.45) is 0. The van der Waals surface area contributed by atoms with E-state index in [1.165, 1.54) is 37.4 Å². The van der Waals surface area contributed by atoms with Crippen molar-refractivity contribution in [3.63, 3.8) is 0 Å². The van der Waals surface area contributed by atoms with E-state index in [1.54, 1.807) is 6.92 Å². The maximum Gasteiger partial charge on any atom is 0.344 e. The van der Waals surface area contributed by atoms with E-state index in [-0.39, 0.29) is 5.88 Å². The zero-order valence-corrected chi connectivity index (χ0v) is 13.6. The monoisotopic (exact) mass is 348 g/mol. The van der Waals surface area contributed by atoms with E-state index in [0.29, 0.717) is 17.0 Å². The van der Waals surface area contributed by atoms with Gasteiger partial charge in [0.05, 0.1) is 12.7 Å². The van der Waals surface area contributed by atoms with E-state index in [1.807, 2.05) is 0 Å². The van der Waals surface area contributed by atoms with Crippen LogP contribution >= 0.6 is 0 Å². The number of hydrogen-bond acceptors (Lipinski definition) is 8. The maximum atomic E-state index is 11.7. The number of esters is 2. The van der Waals surface area contributed by atoms with Crippen LogP contribution in [0.5, 0.6) is 5.88 Å². The first-order valence-electron chi connectivity index (χ1n) is 7.18. The molecule has 0 aliphatic carbocycles. The molecule has 0 aliphatic rings. The van der Waals surface area contributed by atoms with Crippen LogP contribution in [0.25, 0.3) is 0 Å². The number of aryl methyl sites for hydroxylation is 1. The van der Waals surface area contributed by atoms with Crippen molar-refractivity contribution < 1.29 is 33.1 Å². The molecule has 9 nitrogen and oxygen atoms in total. The summed E-state index contributed by atoms with van der Waals surface area (Å²) >= 11 is 0. The minimum atomic E-state index is -0.725. The third kappa shape index (κ3) is 5.65. The zero-order valence-electron chi connectivity index (χ0n) is 13.6. The predicted octanol–water partition coefficient (Wildman–Crippen LogP) is 1.33. The van der Waals surface area contributed by atoms with E-state index >= 15 is 0 Å². The molecule has 0 spiro atoms. The Bertz CT molecular complexity index is 752. The molecule has 0 aliphatic heterocycles. The van der Waals surface area contributed by atoms with Crippen LogP contribution in [0.1, 0.15) is 16.1 Å². The van der Waals surface area contributed by atoms with Gasteiger partial charge < -0.3 is 24.1 Å². The summed E-state index contributed by atoms with van der Waals surface area (Å²) in [6.45, 7) is 0.812. The molecule has 0 fully saturated rings. The lowest BCUT2D eigenvalue weighted by Crippen LogP contribution is -2.23. The van der Waals surface area contributed by atoms with Crippen molar-refractivity contribution >= 4 is 23.5 Å². The molecule has 1 N–H and O–H groups in total. The molecule has 0 atom stereocenters. The Hall–Kier alpha value is -3.36. The van der Waals surface area contributed by atoms with E-state index in [2.05, 4.69) is 15.2 Å². The minimum Gasteiger partial charge on any atom is -0.465 e. The third-order valence-electron chi connectivity index (χ3n) is 2.90. The van der Waals surface area contributed by atoms with Crippen LogP contribution in [0, 0.1) is 6.92 Å². The Kier molecular flexibility index (Phi) is 6.10. The van der Waals surface area contributed by atoms with Gasteiger partial charge in [0.15, 0.2) is 13.2 Å². The maximum absolute atomic E-state index is 11.7. The van der Waals surface area contributed by atoms with Gasteiger partial charge >= 0.3 is 11.9 Å². The first-order chi connectivity index (χ1) is 12.0. The number of amides is 1. The van der Waals surface area contributed by atoms with Crippen LogP contribution in [0.3, 0.4) is 0 Å². The number of carbonyl (C=O) groups is 3. The van der Waals surface area contributed by atoms with Crippen molar-refractivity contribution in [1.29, 1.82) is 0 Å². The first kappa shape index (κ1) is 18.0. The van der Waals surface area contributed by atoms with Crippen molar-refractivity contribution in [2.45, 2.75) is 6.92 Å². The van der Waals surface area contributed by atoms with Gasteiger partial charge in [-0.3, -0.25) is 4.79 Å². The van der Waals surface area contributed by atoms with E-state index in [9.17, 15) is 14.4 Å². The summed E-state index contributed by atoms with van der Waals surface area (Å²) in [7, 11) is 1.28. The lowest BCUT2D eigenvalue weighted by atomic mass is 10.2. The number of hydrogen-bond donors (Lipinski definition) is 1. The van der Waals surface area contributed by atoms with E-state index in [4.69, 9.17) is 14.0 Å². The summed E-state index contributed by atoms with van der Waals surface area (Å²) in [6, 6.07) is 7.57. The van der Waals surface area contributed by atoms with Crippen LogP contribution in [-0.2, 0) is 19.1 Å². The summed E-state index contributed by atoms with van der Waals surface area (Å²) < 4.78 is 19.1. The molecular weight excluding hydrogens is 332 g/mol. The van der Waals surface area contributed by atoms with Crippen LogP contribution in [-0.4, -0.2) is 43.3 Å². The number of rotatable bonds is 7. The first-order valence-corrected chi connectivity index (χ1v) is 7.18. The molecule has 2 rings (SSSR count). The molecule has 0 unspecified atom stereocenters. The molecule has 1 aromatic heterocycles. The van der Waals surface area contributed by atoms with Crippen LogP contribution < -0.4 is 10.1 Å². The zero-order chi connectivity index (χ0) is 18.2. The van der Waals surface area contributed by atoms with Gasteiger partial charge in [-0.05, 0) is 36.3 Å². The highest BCUT2D eigenvalue weighted by Crippen LogP contribution is 2.11. The highest BCUT2D eigenvalue weighted by molar-refractivity contribution is 5.94. The third-order valence-corrected chi connectivity index (χ3v) is 2.90. The average molecular weight is 348 g/mol. The van der Waals surface area contributed by atoms with Gasteiger partial charge in [0, 0.05) is 11.8 Å². The number of aromatic nitrogens is 1. The van der Waals surface area contributed by atoms with E-state index < -0.39 is 31.1 Å². The van der Waals surface area contributed by atoms with Crippen LogP contribution in [0.2, 0.25) is 0 Å². The molecule has 9 heteroatoms. The molecule has 1 heterocycles. The SMILES string of the molecule is COC(=O)c1ccc(NC(=O)COC(=O)COc2cc(C)on2)cc1. The summed E-state index contributed by atoms with van der Waals surface area (Å²) in [4.78, 5) is 34.5. The molecule has 0 bridgehead atoms. The molecule has 25 heavy (non-hydrogen) atoms. The fourth-order valence-corrected chi connectivity index (χ4v) is 1.74. The smallest absolute Gasteiger partial charge is 0.344 e. The highest BCUT2D eigenvalue weighted by atomic mass is 16.6. The minimum absolute atomic E-state index is 0.157. The van der Waals surface area contributed by atoms with E-state index in [0.717, 1.165) is 0 Å². The van der Waals surface area contributed by atoms with Crippen LogP contribution in [0.15, 0.2) is 34.9 Å². The van der Waals surface area contributed by atoms with Gasteiger partial charge in [-0.15, -0.1) is 0 Å². The number of methoxy groups -OCH3 is 1. The second-order valence-electron chi connectivity index (χ2n) is 4.84. The number of anilines is 1. The molecule has 0 saturated heterocycles. The van der Waals surface area contributed by atoms with Crippen molar-refractivity contribution in [1.82, 2.24) is 5.16 Å². The highest BCUT2D eigenvalue weighted by Gasteiger charge is 2.11. The average Bonchev–Trinajstić information content (AvgIpc) is 3.03. The number of benzene rings is 1. The molecule has 0 saturated carbocycles. The second kappa shape index (κ2) is 8.48. The second-order valence-corrected chi connectivity index (χ2v) is 4.84. The molecule has 1 aromatic carbocycles.